The molecule has 0 aromatic carbocycles. The lowest BCUT2D eigenvalue weighted by Crippen LogP contribution is -2.26. The molecule has 82 valence electrons. The molecule has 0 aromatic rings. The van der Waals surface area contributed by atoms with Crippen molar-refractivity contribution in [3.8, 4) is 0 Å². The Labute approximate surface area is 86.6 Å². The van der Waals surface area contributed by atoms with Gasteiger partial charge >= 0.3 is 0 Å². The van der Waals surface area contributed by atoms with E-state index in [9.17, 15) is 0 Å². The maximum absolute atomic E-state index is 9.07. The first kappa shape index (κ1) is 11.7. The van der Waals surface area contributed by atoms with Gasteiger partial charge in [0.1, 0.15) is 0 Å². The van der Waals surface area contributed by atoms with Gasteiger partial charge in [-0.15, -0.1) is 6.58 Å². The first-order valence-corrected chi connectivity index (χ1v) is 5.64. The fourth-order valence-electron chi connectivity index (χ4n) is 2.49. The molecule has 0 radical (unpaired) electrons. The number of aliphatic hydroxyl groups excluding tert-OH is 2. The van der Waals surface area contributed by atoms with Gasteiger partial charge in [-0.25, -0.2) is 0 Å². The van der Waals surface area contributed by atoms with Crippen LogP contribution >= 0.6 is 0 Å². The molecule has 2 nitrogen and oxygen atoms in total. The molecule has 0 atom stereocenters. The molecule has 2 heteroatoms. The normalized spacial score (nSPS) is 27.9. The van der Waals surface area contributed by atoms with E-state index in [0.29, 0.717) is 5.92 Å². The van der Waals surface area contributed by atoms with E-state index in [1.54, 1.807) is 0 Å². The highest BCUT2D eigenvalue weighted by Gasteiger charge is 2.26. The zero-order chi connectivity index (χ0) is 10.4. The Morgan fingerprint density at radius 3 is 2.14 bits per heavy atom. The van der Waals surface area contributed by atoms with Crippen LogP contribution in [-0.2, 0) is 0 Å². The molecule has 1 saturated carbocycles. The lowest BCUT2D eigenvalue weighted by Gasteiger charge is -2.31. The van der Waals surface area contributed by atoms with E-state index < -0.39 is 0 Å². The largest absolute Gasteiger partial charge is 0.396 e. The number of rotatable bonds is 5. The third-order valence-corrected chi connectivity index (χ3v) is 3.53. The average molecular weight is 198 g/mol. The fourth-order valence-corrected chi connectivity index (χ4v) is 2.49. The summed E-state index contributed by atoms with van der Waals surface area (Å²) in [4.78, 5) is 0. The molecule has 0 aromatic heterocycles. The summed E-state index contributed by atoms with van der Waals surface area (Å²) in [5.74, 6) is 1.44. The van der Waals surface area contributed by atoms with E-state index in [4.69, 9.17) is 10.2 Å². The highest BCUT2D eigenvalue weighted by Crippen LogP contribution is 2.34. The van der Waals surface area contributed by atoms with Crippen LogP contribution in [0, 0.1) is 17.8 Å². The summed E-state index contributed by atoms with van der Waals surface area (Å²) in [5, 5.41) is 18.1. The summed E-state index contributed by atoms with van der Waals surface area (Å²) < 4.78 is 0. The molecule has 0 bridgehead atoms. The topological polar surface area (TPSA) is 40.5 Å². The van der Waals surface area contributed by atoms with Crippen molar-refractivity contribution >= 4 is 0 Å². The van der Waals surface area contributed by atoms with Gasteiger partial charge in [0, 0.05) is 19.1 Å². The second kappa shape index (κ2) is 6.20. The maximum Gasteiger partial charge on any atom is 0.0483 e. The van der Waals surface area contributed by atoms with Gasteiger partial charge in [-0.05, 0) is 43.9 Å². The molecular formula is C12H22O2. The second-order valence-electron chi connectivity index (χ2n) is 4.43. The zero-order valence-corrected chi connectivity index (χ0v) is 8.86. The molecule has 0 saturated heterocycles. The summed E-state index contributed by atoms with van der Waals surface area (Å²) in [6.07, 6.45) is 7.89. The number of hydrogen-bond donors (Lipinski definition) is 2. The van der Waals surface area contributed by atoms with Crippen LogP contribution in [0.15, 0.2) is 12.7 Å². The standard InChI is InChI=1S/C12H22O2/c1-2-3-10-4-6-11(7-5-10)12(8-13)9-14/h2,10-14H,1,3-9H2/t10-,11-. The van der Waals surface area contributed by atoms with Crippen molar-refractivity contribution in [3.05, 3.63) is 12.7 Å². The van der Waals surface area contributed by atoms with Crippen LogP contribution in [0.25, 0.3) is 0 Å². The first-order valence-electron chi connectivity index (χ1n) is 5.64. The Morgan fingerprint density at radius 2 is 1.71 bits per heavy atom. The van der Waals surface area contributed by atoms with E-state index in [0.717, 1.165) is 25.2 Å². The van der Waals surface area contributed by atoms with Crippen LogP contribution in [0.3, 0.4) is 0 Å². The summed E-state index contributed by atoms with van der Waals surface area (Å²) in [7, 11) is 0. The minimum Gasteiger partial charge on any atom is -0.396 e. The summed E-state index contributed by atoms with van der Waals surface area (Å²) in [5.41, 5.74) is 0. The Bertz CT molecular complexity index is 156. The third-order valence-electron chi connectivity index (χ3n) is 3.53. The predicted octanol–water partition coefficient (Wildman–Crippen LogP) is 1.97. The highest BCUT2D eigenvalue weighted by atomic mass is 16.3. The van der Waals surface area contributed by atoms with Gasteiger partial charge < -0.3 is 10.2 Å². The molecule has 0 spiro atoms. The number of aliphatic hydroxyl groups is 2. The van der Waals surface area contributed by atoms with Crippen LogP contribution in [0.2, 0.25) is 0 Å². The van der Waals surface area contributed by atoms with Crippen molar-refractivity contribution in [2.75, 3.05) is 13.2 Å². The highest BCUT2D eigenvalue weighted by molar-refractivity contribution is 4.81. The molecule has 1 aliphatic carbocycles. The minimum absolute atomic E-state index is 0.111. The quantitative estimate of drug-likeness (QED) is 0.663. The van der Waals surface area contributed by atoms with Crippen LogP contribution < -0.4 is 0 Å². The Kier molecular flexibility index (Phi) is 5.20. The zero-order valence-electron chi connectivity index (χ0n) is 8.86. The summed E-state index contributed by atoms with van der Waals surface area (Å²) in [6, 6.07) is 0. The lowest BCUT2D eigenvalue weighted by molar-refractivity contribution is 0.0796. The molecule has 0 amide bonds. The molecule has 0 unspecified atom stereocenters. The SMILES string of the molecule is C=CC[C@H]1CC[C@H](C(CO)CO)CC1. The van der Waals surface area contributed by atoms with E-state index in [1.165, 1.54) is 12.8 Å². The molecule has 1 fully saturated rings. The summed E-state index contributed by atoms with van der Waals surface area (Å²) in [6.45, 7) is 4.03. The maximum atomic E-state index is 9.07. The van der Waals surface area contributed by atoms with Crippen molar-refractivity contribution in [1.29, 1.82) is 0 Å². The second-order valence-corrected chi connectivity index (χ2v) is 4.43. The van der Waals surface area contributed by atoms with Crippen LogP contribution in [0.5, 0.6) is 0 Å². The lowest BCUT2D eigenvalue weighted by atomic mass is 9.75. The molecule has 0 heterocycles. The van der Waals surface area contributed by atoms with E-state index >= 15 is 0 Å². The van der Waals surface area contributed by atoms with Gasteiger partial charge in [-0.3, -0.25) is 0 Å². The number of allylic oxidation sites excluding steroid dienone is 1. The molecule has 0 aliphatic heterocycles. The van der Waals surface area contributed by atoms with Crippen LogP contribution in [-0.4, -0.2) is 23.4 Å². The third kappa shape index (κ3) is 3.10. The molecule has 14 heavy (non-hydrogen) atoms. The fraction of sp³-hybridized carbons (Fsp3) is 0.833. The molecular weight excluding hydrogens is 176 g/mol. The van der Waals surface area contributed by atoms with Crippen molar-refractivity contribution in [2.24, 2.45) is 17.8 Å². The van der Waals surface area contributed by atoms with Gasteiger partial charge in [-0.1, -0.05) is 6.08 Å². The van der Waals surface area contributed by atoms with Gasteiger partial charge in [-0.2, -0.15) is 0 Å². The Balaban J connectivity index is 2.30. The van der Waals surface area contributed by atoms with E-state index in [1.807, 2.05) is 6.08 Å². The van der Waals surface area contributed by atoms with Crippen LogP contribution in [0.1, 0.15) is 32.1 Å². The van der Waals surface area contributed by atoms with Crippen molar-refractivity contribution in [3.63, 3.8) is 0 Å². The minimum atomic E-state index is 0.111. The van der Waals surface area contributed by atoms with Gasteiger partial charge in [0.15, 0.2) is 0 Å². The average Bonchev–Trinajstić information content (AvgIpc) is 2.23. The van der Waals surface area contributed by atoms with Gasteiger partial charge in [0.05, 0.1) is 0 Å². The predicted molar refractivity (Wildman–Crippen MR) is 57.9 cm³/mol. The molecule has 1 rings (SSSR count). The monoisotopic (exact) mass is 198 g/mol. The van der Waals surface area contributed by atoms with Crippen molar-refractivity contribution < 1.29 is 10.2 Å². The smallest absolute Gasteiger partial charge is 0.0483 e. The van der Waals surface area contributed by atoms with Crippen LogP contribution in [0.4, 0.5) is 0 Å². The first-order chi connectivity index (χ1) is 6.81. The van der Waals surface area contributed by atoms with Gasteiger partial charge in [0.2, 0.25) is 0 Å². The Hall–Kier alpha value is -0.340. The van der Waals surface area contributed by atoms with Crippen molar-refractivity contribution in [2.45, 2.75) is 32.1 Å². The summed E-state index contributed by atoms with van der Waals surface area (Å²) >= 11 is 0. The van der Waals surface area contributed by atoms with E-state index in [-0.39, 0.29) is 19.1 Å². The number of hydrogen-bond acceptors (Lipinski definition) is 2. The van der Waals surface area contributed by atoms with Gasteiger partial charge in [0.25, 0.3) is 0 Å². The van der Waals surface area contributed by atoms with E-state index in [2.05, 4.69) is 6.58 Å². The Morgan fingerprint density at radius 1 is 1.14 bits per heavy atom. The van der Waals surface area contributed by atoms with Crippen molar-refractivity contribution in [1.82, 2.24) is 0 Å². The molecule has 1 aliphatic rings. The molecule has 2 N–H and O–H groups in total.